The van der Waals surface area contributed by atoms with Crippen molar-refractivity contribution in [2.24, 2.45) is 0 Å². The van der Waals surface area contributed by atoms with E-state index in [1.54, 1.807) is 24.3 Å². The van der Waals surface area contributed by atoms with Crippen LogP contribution in [-0.2, 0) is 16.9 Å². The summed E-state index contributed by atoms with van der Waals surface area (Å²) in [7, 11) is 0. The lowest BCUT2D eigenvalue weighted by Gasteiger charge is -2.22. The molecule has 3 aromatic rings. The van der Waals surface area contributed by atoms with Crippen molar-refractivity contribution in [3.63, 3.8) is 0 Å². The van der Waals surface area contributed by atoms with E-state index >= 15 is 0 Å². The number of carbonyl (C=O) groups excluding carboxylic acids is 2. The molecule has 1 atom stereocenters. The van der Waals surface area contributed by atoms with Crippen LogP contribution in [0.1, 0.15) is 18.4 Å². The Kier molecular flexibility index (Phi) is 4.54. The summed E-state index contributed by atoms with van der Waals surface area (Å²) in [5, 5.41) is 6.77. The molecule has 1 saturated heterocycles. The third-order valence-corrected chi connectivity index (χ3v) is 4.86. The number of amides is 3. The fourth-order valence-electron chi connectivity index (χ4n) is 3.07. The molecule has 0 radical (unpaired) electrons. The topological polar surface area (TPSA) is 88.3 Å². The van der Waals surface area contributed by atoms with Gasteiger partial charge in [-0.2, -0.15) is 4.98 Å². The maximum atomic E-state index is 14.2. The Hall–Kier alpha value is -3.33. The quantitative estimate of drug-likeness (QED) is 0.653. The predicted octanol–water partition coefficient (Wildman–Crippen LogP) is 3.64. The van der Waals surface area contributed by atoms with Gasteiger partial charge in [0.05, 0.1) is 0 Å². The average Bonchev–Trinajstić information content (AvgIpc) is 3.24. The monoisotopic (exact) mass is 418 g/mol. The Morgan fingerprint density at radius 3 is 2.62 bits per heavy atom. The first kappa shape index (κ1) is 19.0. The molecule has 4 rings (SSSR count). The zero-order valence-electron chi connectivity index (χ0n) is 14.9. The van der Waals surface area contributed by atoms with Crippen molar-refractivity contribution in [2.75, 3.05) is 0 Å². The van der Waals surface area contributed by atoms with Crippen LogP contribution in [-0.4, -0.2) is 27.0 Å². The van der Waals surface area contributed by atoms with E-state index < -0.39 is 29.1 Å². The molecule has 1 fully saturated rings. The molecule has 1 N–H and O–H groups in total. The molecule has 0 saturated carbocycles. The van der Waals surface area contributed by atoms with Gasteiger partial charge in [0.25, 0.3) is 5.91 Å². The van der Waals surface area contributed by atoms with Gasteiger partial charge in [-0.15, -0.1) is 0 Å². The Morgan fingerprint density at radius 1 is 1.17 bits per heavy atom. The first-order valence-electron chi connectivity index (χ1n) is 8.46. The van der Waals surface area contributed by atoms with Crippen LogP contribution in [0, 0.1) is 11.6 Å². The Morgan fingerprint density at radius 2 is 1.90 bits per heavy atom. The minimum atomic E-state index is -1.76. The summed E-state index contributed by atoms with van der Waals surface area (Å²) >= 11 is 5.84. The lowest BCUT2D eigenvalue weighted by Crippen LogP contribution is -2.41. The van der Waals surface area contributed by atoms with Gasteiger partial charge in [-0.3, -0.25) is 9.69 Å². The van der Waals surface area contributed by atoms with E-state index in [4.69, 9.17) is 16.1 Å². The molecule has 148 valence electrons. The number of benzene rings is 2. The van der Waals surface area contributed by atoms with E-state index in [0.29, 0.717) is 10.6 Å². The highest BCUT2D eigenvalue weighted by Crippen LogP contribution is 2.32. The summed E-state index contributed by atoms with van der Waals surface area (Å²) in [6, 6.07) is 8.61. The van der Waals surface area contributed by atoms with E-state index in [-0.39, 0.29) is 23.8 Å². The zero-order valence-corrected chi connectivity index (χ0v) is 15.7. The molecule has 1 unspecified atom stereocenters. The molecule has 0 spiro atoms. The average molecular weight is 419 g/mol. The van der Waals surface area contributed by atoms with E-state index in [0.717, 1.165) is 23.1 Å². The van der Waals surface area contributed by atoms with E-state index in [1.165, 1.54) is 6.92 Å². The standard InChI is InChI=1S/C19H13ClF2N4O3/c1-19(13-8-12(21)6-7-14(13)22)17(27)26(18(28)24-19)9-15-23-16(25-29-15)10-2-4-11(20)5-3-10/h2-8H,9H2,1H3,(H,24,28). The third kappa shape index (κ3) is 3.33. The number of imide groups is 1. The molecular weight excluding hydrogens is 406 g/mol. The molecule has 0 aliphatic carbocycles. The molecule has 1 aliphatic heterocycles. The second-order valence-corrected chi connectivity index (χ2v) is 7.03. The molecule has 2 heterocycles. The highest BCUT2D eigenvalue weighted by Gasteiger charge is 2.50. The van der Waals surface area contributed by atoms with Gasteiger partial charge in [0.1, 0.15) is 23.7 Å². The number of aromatic nitrogens is 2. The van der Waals surface area contributed by atoms with Gasteiger partial charge < -0.3 is 9.84 Å². The molecule has 0 bridgehead atoms. The Balaban J connectivity index is 1.59. The largest absolute Gasteiger partial charge is 0.337 e. The lowest BCUT2D eigenvalue weighted by atomic mass is 9.91. The summed E-state index contributed by atoms with van der Waals surface area (Å²) in [5.41, 5.74) is -1.40. The summed E-state index contributed by atoms with van der Waals surface area (Å²) in [4.78, 5) is 30.2. The molecule has 7 nitrogen and oxygen atoms in total. The fraction of sp³-hybridized carbons (Fsp3) is 0.158. The van der Waals surface area contributed by atoms with Gasteiger partial charge in [-0.1, -0.05) is 16.8 Å². The second-order valence-electron chi connectivity index (χ2n) is 6.59. The molecule has 10 heteroatoms. The fourth-order valence-corrected chi connectivity index (χ4v) is 3.20. The number of nitrogens with zero attached hydrogens (tertiary/aromatic N) is 3. The van der Waals surface area contributed by atoms with Crippen molar-refractivity contribution < 1.29 is 22.9 Å². The third-order valence-electron chi connectivity index (χ3n) is 4.61. The molecule has 2 aromatic carbocycles. The Labute approximate surface area is 168 Å². The summed E-state index contributed by atoms with van der Waals surface area (Å²) in [6.07, 6.45) is 0. The van der Waals surface area contributed by atoms with E-state index in [9.17, 15) is 18.4 Å². The highest BCUT2D eigenvalue weighted by atomic mass is 35.5. The van der Waals surface area contributed by atoms with E-state index in [1.807, 2.05) is 0 Å². The number of nitrogens with one attached hydrogen (secondary N) is 1. The lowest BCUT2D eigenvalue weighted by molar-refractivity contribution is -0.131. The first-order valence-corrected chi connectivity index (χ1v) is 8.84. The van der Waals surface area contributed by atoms with Crippen molar-refractivity contribution in [2.45, 2.75) is 19.0 Å². The molecule has 3 amide bonds. The first-order chi connectivity index (χ1) is 13.8. The van der Waals surface area contributed by atoms with Crippen molar-refractivity contribution in [3.05, 3.63) is 70.6 Å². The van der Waals surface area contributed by atoms with Crippen LogP contribution in [0.15, 0.2) is 47.0 Å². The molecule has 1 aromatic heterocycles. The van der Waals surface area contributed by atoms with Crippen molar-refractivity contribution in [1.29, 1.82) is 0 Å². The second kappa shape index (κ2) is 6.93. The SMILES string of the molecule is CC1(c2cc(F)ccc2F)NC(=O)N(Cc2nc(-c3ccc(Cl)cc3)no2)C1=O. The van der Waals surface area contributed by atoms with Gasteiger partial charge in [0, 0.05) is 16.1 Å². The normalized spacial score (nSPS) is 19.0. The maximum Gasteiger partial charge on any atom is 0.325 e. The number of halogens is 3. The smallest absolute Gasteiger partial charge is 0.325 e. The van der Waals surface area contributed by atoms with Gasteiger partial charge in [-0.05, 0) is 49.4 Å². The van der Waals surface area contributed by atoms with Crippen LogP contribution in [0.3, 0.4) is 0 Å². The van der Waals surface area contributed by atoms with Crippen LogP contribution in [0.25, 0.3) is 11.4 Å². The van der Waals surface area contributed by atoms with Crippen LogP contribution in [0.5, 0.6) is 0 Å². The minimum absolute atomic E-state index is 0.00224. The van der Waals surface area contributed by atoms with Gasteiger partial charge in [0.2, 0.25) is 11.7 Å². The zero-order chi connectivity index (χ0) is 20.8. The number of urea groups is 1. The number of carbonyl (C=O) groups is 2. The maximum absolute atomic E-state index is 14.2. The van der Waals surface area contributed by atoms with Crippen LogP contribution >= 0.6 is 11.6 Å². The van der Waals surface area contributed by atoms with Crippen molar-refractivity contribution in [3.8, 4) is 11.4 Å². The Bertz CT molecular complexity index is 1120. The number of hydrogen-bond acceptors (Lipinski definition) is 5. The van der Waals surface area contributed by atoms with E-state index in [2.05, 4.69) is 15.5 Å². The van der Waals surface area contributed by atoms with Gasteiger partial charge >= 0.3 is 6.03 Å². The summed E-state index contributed by atoms with van der Waals surface area (Å²) in [5.74, 6) is -2.05. The van der Waals surface area contributed by atoms with Crippen LogP contribution in [0.2, 0.25) is 5.02 Å². The summed E-state index contributed by atoms with van der Waals surface area (Å²) in [6.45, 7) is 0.982. The molecule has 1 aliphatic rings. The number of rotatable bonds is 4. The minimum Gasteiger partial charge on any atom is -0.337 e. The highest BCUT2D eigenvalue weighted by molar-refractivity contribution is 6.30. The van der Waals surface area contributed by atoms with Crippen LogP contribution < -0.4 is 5.32 Å². The van der Waals surface area contributed by atoms with Crippen molar-refractivity contribution in [1.82, 2.24) is 20.4 Å². The summed E-state index contributed by atoms with van der Waals surface area (Å²) < 4.78 is 32.9. The number of hydrogen-bond donors (Lipinski definition) is 1. The van der Waals surface area contributed by atoms with Gasteiger partial charge in [0.15, 0.2) is 0 Å². The molecular formula is C19H13ClF2N4O3. The molecule has 29 heavy (non-hydrogen) atoms. The van der Waals surface area contributed by atoms with Crippen LogP contribution in [0.4, 0.5) is 13.6 Å². The predicted molar refractivity (Wildman–Crippen MR) is 97.5 cm³/mol. The van der Waals surface area contributed by atoms with Gasteiger partial charge in [-0.25, -0.2) is 13.6 Å². The van der Waals surface area contributed by atoms with Crippen molar-refractivity contribution >= 4 is 23.5 Å².